The van der Waals surface area contributed by atoms with E-state index >= 15 is 0 Å². The number of hydrogen-bond donors (Lipinski definition) is 2. The normalized spacial score (nSPS) is 28.9. The topological polar surface area (TPSA) is 32.7 Å². The lowest BCUT2D eigenvalue weighted by Gasteiger charge is -2.36. The molecule has 1 heterocycles. The van der Waals surface area contributed by atoms with Crippen LogP contribution in [0.5, 0.6) is 0 Å². The predicted octanol–water partition coefficient (Wildman–Crippen LogP) is 0.303. The van der Waals surface area contributed by atoms with Crippen LogP contribution < -0.4 is 0 Å². The van der Waals surface area contributed by atoms with Crippen LogP contribution in [0.3, 0.4) is 0 Å². The zero-order valence-electron chi connectivity index (χ0n) is 6.95. The molecule has 1 rings (SSSR count). The van der Waals surface area contributed by atoms with E-state index in [2.05, 4.69) is 12.8 Å². The molecule has 0 aromatic heterocycles. The lowest BCUT2D eigenvalue weighted by molar-refractivity contribution is -0.112. The summed E-state index contributed by atoms with van der Waals surface area (Å²) >= 11 is 4.19. The first-order valence-electron chi connectivity index (χ1n) is 3.78. The molecule has 0 radical (unpaired) electrons. The van der Waals surface area contributed by atoms with Crippen molar-refractivity contribution in [2.24, 2.45) is 0 Å². The fourth-order valence-corrected chi connectivity index (χ4v) is 1.29. The Kier molecular flexibility index (Phi) is 2.80. The molecular weight excluding hydrogens is 162 g/mol. The predicted molar refractivity (Wildman–Crippen MR) is 46.6 cm³/mol. The first-order chi connectivity index (χ1) is 5.00. The Morgan fingerprint density at radius 3 is 2.64 bits per heavy atom. The summed E-state index contributed by atoms with van der Waals surface area (Å²) in [6, 6.07) is 0. The molecule has 3 nitrogen and oxygen atoms in total. The summed E-state index contributed by atoms with van der Waals surface area (Å²) in [7, 11) is 0. The average Bonchev–Trinajstić information content (AvgIpc) is 1.86. The number of morpholine rings is 1. The Hall–Kier alpha value is 0.230. The van der Waals surface area contributed by atoms with Crippen LogP contribution in [-0.2, 0) is 4.74 Å². The monoisotopic (exact) mass is 177 g/mol. The van der Waals surface area contributed by atoms with Crippen molar-refractivity contribution in [3.63, 3.8) is 0 Å². The third-order valence-corrected chi connectivity index (χ3v) is 2.20. The highest BCUT2D eigenvalue weighted by molar-refractivity contribution is 7.77. The van der Waals surface area contributed by atoms with Gasteiger partial charge in [0.2, 0.25) is 0 Å². The second-order valence-corrected chi connectivity index (χ2v) is 3.99. The van der Waals surface area contributed by atoms with Gasteiger partial charge in [-0.25, -0.2) is 4.31 Å². The van der Waals surface area contributed by atoms with Gasteiger partial charge in [-0.3, -0.25) is 0 Å². The van der Waals surface area contributed by atoms with Crippen molar-refractivity contribution >= 4 is 12.8 Å². The van der Waals surface area contributed by atoms with Gasteiger partial charge in [-0.2, -0.15) is 0 Å². The maximum Gasteiger partial charge on any atom is 0.0992 e. The Labute approximate surface area is 72.9 Å². The van der Waals surface area contributed by atoms with Crippen molar-refractivity contribution in [1.29, 1.82) is 0 Å². The van der Waals surface area contributed by atoms with Gasteiger partial charge < -0.3 is 9.84 Å². The number of thiol groups is 1. The van der Waals surface area contributed by atoms with Crippen LogP contribution in [0, 0.1) is 0 Å². The molecule has 0 aromatic carbocycles. The maximum atomic E-state index is 9.57. The van der Waals surface area contributed by atoms with E-state index in [4.69, 9.17) is 4.74 Å². The summed E-state index contributed by atoms with van der Waals surface area (Å²) in [6.07, 6.45) is -0.117. The van der Waals surface area contributed by atoms with Crippen molar-refractivity contribution in [1.82, 2.24) is 4.31 Å². The smallest absolute Gasteiger partial charge is 0.0992 e. The van der Waals surface area contributed by atoms with Crippen molar-refractivity contribution in [2.45, 2.75) is 25.6 Å². The third-order valence-electron chi connectivity index (χ3n) is 1.83. The maximum absolute atomic E-state index is 9.57. The molecule has 0 aromatic rings. The Balaban J connectivity index is 2.46. The SMILES string of the molecule is CC(C)(O)[C@H]1CN(S)CCO1. The molecule has 0 spiro atoms. The van der Waals surface area contributed by atoms with E-state index in [1.54, 1.807) is 13.8 Å². The van der Waals surface area contributed by atoms with Crippen molar-refractivity contribution in [3.8, 4) is 0 Å². The minimum atomic E-state index is -0.763. The van der Waals surface area contributed by atoms with Gasteiger partial charge in [0.25, 0.3) is 0 Å². The summed E-state index contributed by atoms with van der Waals surface area (Å²) in [5.74, 6) is 0. The molecule has 1 atom stereocenters. The van der Waals surface area contributed by atoms with E-state index in [0.717, 1.165) is 6.54 Å². The van der Waals surface area contributed by atoms with E-state index in [-0.39, 0.29) is 6.10 Å². The number of hydrogen-bond acceptors (Lipinski definition) is 4. The minimum absolute atomic E-state index is 0.117. The van der Waals surface area contributed by atoms with Crippen LogP contribution in [0.25, 0.3) is 0 Å². The molecule has 1 aliphatic heterocycles. The third kappa shape index (κ3) is 2.63. The second-order valence-electron chi connectivity index (χ2n) is 3.43. The first-order valence-corrected chi connectivity index (χ1v) is 4.18. The summed E-state index contributed by atoms with van der Waals surface area (Å²) in [4.78, 5) is 0. The molecule has 0 amide bonds. The molecule has 0 bridgehead atoms. The lowest BCUT2D eigenvalue weighted by Crippen LogP contribution is -2.49. The number of rotatable bonds is 1. The highest BCUT2D eigenvalue weighted by Gasteiger charge is 2.31. The van der Waals surface area contributed by atoms with E-state index in [1.807, 2.05) is 4.31 Å². The summed E-state index contributed by atoms with van der Waals surface area (Å²) in [6.45, 7) is 5.68. The van der Waals surface area contributed by atoms with E-state index in [9.17, 15) is 5.11 Å². The zero-order valence-corrected chi connectivity index (χ0v) is 7.84. The van der Waals surface area contributed by atoms with Crippen LogP contribution in [0.2, 0.25) is 0 Å². The van der Waals surface area contributed by atoms with Crippen LogP contribution >= 0.6 is 12.8 Å². The number of ether oxygens (including phenoxy) is 1. The molecule has 1 fully saturated rings. The zero-order chi connectivity index (χ0) is 8.48. The fraction of sp³-hybridized carbons (Fsp3) is 1.00. The summed E-state index contributed by atoms with van der Waals surface area (Å²) in [5, 5.41) is 9.57. The van der Waals surface area contributed by atoms with Gasteiger partial charge in [-0.1, -0.05) is 12.8 Å². The Morgan fingerprint density at radius 1 is 1.64 bits per heavy atom. The summed E-state index contributed by atoms with van der Waals surface area (Å²) in [5.41, 5.74) is -0.763. The van der Waals surface area contributed by atoms with Gasteiger partial charge in [-0.15, -0.1) is 0 Å². The van der Waals surface area contributed by atoms with Gasteiger partial charge >= 0.3 is 0 Å². The second kappa shape index (κ2) is 3.31. The Bertz CT molecular complexity index is 135. The molecule has 4 heteroatoms. The molecule has 1 saturated heterocycles. The quantitative estimate of drug-likeness (QED) is 0.565. The molecule has 11 heavy (non-hydrogen) atoms. The molecule has 0 unspecified atom stereocenters. The van der Waals surface area contributed by atoms with Gasteiger partial charge in [-0.05, 0) is 13.8 Å². The van der Waals surface area contributed by atoms with E-state index in [0.29, 0.717) is 13.2 Å². The first kappa shape index (κ1) is 9.32. The summed E-state index contributed by atoms with van der Waals surface area (Å²) < 4.78 is 7.24. The van der Waals surface area contributed by atoms with Crippen LogP contribution in [0.4, 0.5) is 0 Å². The van der Waals surface area contributed by atoms with Gasteiger partial charge in [0.1, 0.15) is 0 Å². The minimum Gasteiger partial charge on any atom is -0.388 e. The van der Waals surface area contributed by atoms with Crippen molar-refractivity contribution in [2.75, 3.05) is 19.7 Å². The average molecular weight is 177 g/mol. The molecule has 66 valence electrons. The van der Waals surface area contributed by atoms with Gasteiger partial charge in [0.15, 0.2) is 0 Å². The van der Waals surface area contributed by atoms with Gasteiger partial charge in [0.05, 0.1) is 18.3 Å². The molecular formula is C7H15NO2S. The molecule has 1 N–H and O–H groups in total. The van der Waals surface area contributed by atoms with E-state index in [1.165, 1.54) is 0 Å². The fourth-order valence-electron chi connectivity index (χ4n) is 1.06. The number of nitrogens with zero attached hydrogens (tertiary/aromatic N) is 1. The van der Waals surface area contributed by atoms with Crippen molar-refractivity contribution in [3.05, 3.63) is 0 Å². The number of aliphatic hydroxyl groups is 1. The van der Waals surface area contributed by atoms with Gasteiger partial charge in [0, 0.05) is 13.1 Å². The molecule has 0 saturated carbocycles. The van der Waals surface area contributed by atoms with E-state index < -0.39 is 5.60 Å². The van der Waals surface area contributed by atoms with Crippen LogP contribution in [0.1, 0.15) is 13.8 Å². The highest BCUT2D eigenvalue weighted by Crippen LogP contribution is 2.17. The Morgan fingerprint density at radius 2 is 2.27 bits per heavy atom. The standard InChI is InChI=1S/C7H15NO2S/c1-7(2,9)6-5-8(11)3-4-10-6/h6,9,11H,3-5H2,1-2H3/t6-/m1/s1. The molecule has 1 aliphatic rings. The largest absolute Gasteiger partial charge is 0.388 e. The molecule has 0 aliphatic carbocycles. The van der Waals surface area contributed by atoms with Crippen molar-refractivity contribution < 1.29 is 9.84 Å². The lowest BCUT2D eigenvalue weighted by atomic mass is 10.0. The highest BCUT2D eigenvalue weighted by atomic mass is 32.1. The van der Waals surface area contributed by atoms with Crippen LogP contribution in [0.15, 0.2) is 0 Å². The van der Waals surface area contributed by atoms with Crippen LogP contribution in [-0.4, -0.2) is 40.8 Å².